The molecule has 0 aliphatic carbocycles. The minimum Gasteiger partial charge on any atom is -0.216 e. The van der Waals surface area contributed by atoms with Gasteiger partial charge in [0.1, 0.15) is 0 Å². The van der Waals surface area contributed by atoms with Crippen LogP contribution in [0.3, 0.4) is 0 Å². The van der Waals surface area contributed by atoms with Gasteiger partial charge in [-0.2, -0.15) is 74.6 Å². The maximum absolute atomic E-state index is 13.2. The molecular formula is C10H2F18. The lowest BCUT2D eigenvalue weighted by molar-refractivity contribution is -0.407. The highest BCUT2D eigenvalue weighted by Crippen LogP contribution is 2.61. The first-order valence-electron chi connectivity index (χ1n) is 5.81. The number of allylic oxidation sites excluding steroid dienone is 2. The van der Waals surface area contributed by atoms with Crippen LogP contribution >= 0.6 is 0 Å². The normalized spacial score (nSPS) is 16.8. The van der Waals surface area contributed by atoms with Gasteiger partial charge < -0.3 is 0 Å². The molecule has 0 bridgehead atoms. The van der Waals surface area contributed by atoms with Crippen molar-refractivity contribution in [2.75, 3.05) is 0 Å². The average Bonchev–Trinajstić information content (AvgIpc) is 2.29. The summed E-state index contributed by atoms with van der Waals surface area (Å²) in [6.07, 6.45) is -43.7. The smallest absolute Gasteiger partial charge is 0.216 e. The molecular weight excluding hydrogens is 462 g/mol. The third-order valence-electron chi connectivity index (χ3n) is 3.12. The van der Waals surface area contributed by atoms with E-state index < -0.39 is 60.0 Å². The third-order valence-corrected chi connectivity index (χ3v) is 3.12. The summed E-state index contributed by atoms with van der Waals surface area (Å²) in [5.74, 6) is -7.36. The molecule has 0 rings (SSSR count). The molecule has 0 aliphatic rings. The summed E-state index contributed by atoms with van der Waals surface area (Å²) in [7, 11) is 0. The van der Waals surface area contributed by atoms with Crippen molar-refractivity contribution in [3.63, 3.8) is 0 Å². The van der Waals surface area contributed by atoms with Crippen LogP contribution in [0.25, 0.3) is 0 Å². The van der Waals surface area contributed by atoms with Gasteiger partial charge in [0.15, 0.2) is 0 Å². The number of hydrogen-bond acceptors (Lipinski definition) is 0. The molecule has 0 radical (unpaired) electrons. The first kappa shape index (κ1) is 26.5. The van der Waals surface area contributed by atoms with Crippen LogP contribution in [-0.2, 0) is 0 Å². The van der Waals surface area contributed by atoms with Crippen LogP contribution in [0.5, 0.6) is 0 Å². The summed E-state index contributed by atoms with van der Waals surface area (Å²) >= 11 is 0. The molecule has 0 spiro atoms. The predicted octanol–water partition coefficient (Wildman–Crippen LogP) is 6.68. The predicted molar refractivity (Wildman–Crippen MR) is 50.6 cm³/mol. The lowest BCUT2D eigenvalue weighted by atomic mass is 9.83. The summed E-state index contributed by atoms with van der Waals surface area (Å²) in [4.78, 5) is 0. The molecule has 18 heteroatoms. The molecule has 0 saturated heterocycles. The second-order valence-corrected chi connectivity index (χ2v) is 4.91. The summed E-state index contributed by atoms with van der Waals surface area (Å²) in [5, 5.41) is 0. The van der Waals surface area contributed by atoms with Gasteiger partial charge in [-0.25, -0.2) is 4.39 Å². The van der Waals surface area contributed by atoms with E-state index in [4.69, 9.17) is 0 Å². The monoisotopic (exact) mass is 464 g/mol. The zero-order chi connectivity index (χ0) is 23.4. The molecule has 0 atom stereocenters. The lowest BCUT2D eigenvalue weighted by Gasteiger charge is -2.38. The zero-order valence-corrected chi connectivity index (χ0v) is 12.0. The Balaban J connectivity index is 6.97. The number of hydrogen-bond donors (Lipinski definition) is 0. The Labute approximate surface area is 140 Å². The van der Waals surface area contributed by atoms with Crippen LogP contribution in [0.4, 0.5) is 79.0 Å². The van der Waals surface area contributed by atoms with E-state index in [0.717, 1.165) is 0 Å². The van der Waals surface area contributed by atoms with Crippen molar-refractivity contribution in [2.45, 2.75) is 42.5 Å². The fourth-order valence-corrected chi connectivity index (χ4v) is 1.65. The van der Waals surface area contributed by atoms with Crippen LogP contribution < -0.4 is 0 Å². The fraction of sp³-hybridized carbons (Fsp3) is 0.800. The van der Waals surface area contributed by atoms with E-state index in [-0.39, 0.29) is 0 Å². The maximum atomic E-state index is 13.2. The molecule has 0 fully saturated rings. The van der Waals surface area contributed by atoms with Gasteiger partial charge in [0, 0.05) is 0 Å². The maximum Gasteiger partial charge on any atom is 0.438 e. The SMILES string of the molecule is FC(F)(F)C(F)(C(F)(F)F)C(F)(F)/C=C/C(C(F)(F)F)(C(F)(F)F)C(F)(F)F. The third kappa shape index (κ3) is 3.81. The Kier molecular flexibility index (Phi) is 6.14. The summed E-state index contributed by atoms with van der Waals surface area (Å²) in [6.45, 7) is 0. The molecule has 0 N–H and O–H groups in total. The minimum absolute atomic E-state index is 2.72. The molecule has 0 aliphatic heterocycles. The van der Waals surface area contributed by atoms with Gasteiger partial charge in [-0.05, 0) is 12.2 Å². The Bertz CT molecular complexity index is 524. The summed E-state index contributed by atoms with van der Waals surface area (Å²) < 4.78 is 224. The van der Waals surface area contributed by atoms with Gasteiger partial charge >= 0.3 is 42.5 Å². The number of rotatable bonds is 3. The molecule has 0 amide bonds. The molecule has 28 heavy (non-hydrogen) atoms. The molecule has 0 saturated carbocycles. The van der Waals surface area contributed by atoms with Crippen molar-refractivity contribution >= 4 is 0 Å². The highest BCUT2D eigenvalue weighted by Gasteiger charge is 2.85. The zero-order valence-electron chi connectivity index (χ0n) is 12.0. The van der Waals surface area contributed by atoms with Crippen LogP contribution in [0, 0.1) is 5.41 Å². The van der Waals surface area contributed by atoms with E-state index >= 15 is 0 Å². The van der Waals surface area contributed by atoms with Gasteiger partial charge in [0.05, 0.1) is 0 Å². The van der Waals surface area contributed by atoms with Crippen molar-refractivity contribution in [3.8, 4) is 0 Å². The van der Waals surface area contributed by atoms with Crippen molar-refractivity contribution in [2.24, 2.45) is 5.41 Å². The Hall–Kier alpha value is -1.52. The second-order valence-electron chi connectivity index (χ2n) is 4.91. The van der Waals surface area contributed by atoms with E-state index in [1.54, 1.807) is 0 Å². The van der Waals surface area contributed by atoms with Crippen LogP contribution in [0.15, 0.2) is 12.2 Å². The van der Waals surface area contributed by atoms with Gasteiger partial charge in [-0.15, -0.1) is 0 Å². The molecule has 0 aromatic heterocycles. The quantitative estimate of drug-likeness (QED) is 0.323. The first-order chi connectivity index (χ1) is 11.7. The highest BCUT2D eigenvalue weighted by molar-refractivity contribution is 5.21. The van der Waals surface area contributed by atoms with Gasteiger partial charge in [0.2, 0.25) is 0 Å². The number of alkyl halides is 18. The summed E-state index contributed by atoms with van der Waals surface area (Å²) in [6, 6.07) is 0. The molecule has 0 unspecified atom stereocenters. The van der Waals surface area contributed by atoms with Gasteiger partial charge in [-0.1, -0.05) is 0 Å². The minimum atomic E-state index is -7.81. The average molecular weight is 464 g/mol. The molecule has 0 aromatic rings. The van der Waals surface area contributed by atoms with Crippen molar-refractivity contribution in [3.05, 3.63) is 12.2 Å². The van der Waals surface area contributed by atoms with Crippen molar-refractivity contribution < 1.29 is 79.0 Å². The Morgan fingerprint density at radius 2 is 0.571 bits per heavy atom. The second kappa shape index (κ2) is 6.50. The van der Waals surface area contributed by atoms with Crippen LogP contribution in [-0.4, -0.2) is 42.5 Å². The Morgan fingerprint density at radius 3 is 0.750 bits per heavy atom. The molecule has 0 heterocycles. The molecule has 0 aromatic carbocycles. The topological polar surface area (TPSA) is 0 Å². The highest BCUT2D eigenvalue weighted by atomic mass is 19.4. The molecule has 168 valence electrons. The lowest BCUT2D eigenvalue weighted by Crippen LogP contribution is -2.64. The van der Waals surface area contributed by atoms with Gasteiger partial charge in [-0.3, -0.25) is 0 Å². The summed E-state index contributed by atoms with van der Waals surface area (Å²) in [5.41, 5.74) is -15.1. The van der Waals surface area contributed by atoms with Gasteiger partial charge in [0.25, 0.3) is 5.41 Å². The van der Waals surface area contributed by atoms with E-state index in [2.05, 4.69) is 0 Å². The largest absolute Gasteiger partial charge is 0.438 e. The van der Waals surface area contributed by atoms with Crippen LogP contribution in [0.2, 0.25) is 0 Å². The van der Waals surface area contributed by atoms with E-state index in [1.165, 1.54) is 0 Å². The van der Waals surface area contributed by atoms with Crippen LogP contribution in [0.1, 0.15) is 0 Å². The van der Waals surface area contributed by atoms with Crippen molar-refractivity contribution in [1.82, 2.24) is 0 Å². The standard InChI is InChI=1S/C10H2F18/c11-4(12,5(13,9(23,24)25)10(26,27)28)2-1-3(6(14,15)16,7(17,18)19)8(20,21)22/h1-2H/b2-1+. The van der Waals surface area contributed by atoms with E-state index in [9.17, 15) is 79.0 Å². The van der Waals surface area contributed by atoms with Crippen molar-refractivity contribution in [1.29, 1.82) is 0 Å². The van der Waals surface area contributed by atoms with E-state index in [1.807, 2.05) is 0 Å². The Morgan fingerprint density at radius 1 is 0.321 bits per heavy atom. The fourth-order valence-electron chi connectivity index (χ4n) is 1.65. The number of halogens is 18. The molecule has 0 nitrogen and oxygen atoms in total. The van der Waals surface area contributed by atoms with E-state index in [0.29, 0.717) is 0 Å². The first-order valence-corrected chi connectivity index (χ1v) is 5.81.